The standard InChI is InChI=1S/C7H15N3OS/c1-2-4-9-7(12)10-5-3-6(8)11/h2-5H2,1H3,(H2,8,11)(H2,9,10,12). The molecule has 0 aromatic heterocycles. The Morgan fingerprint density at radius 3 is 2.50 bits per heavy atom. The molecule has 0 saturated heterocycles. The molecule has 0 heterocycles. The second kappa shape index (κ2) is 6.84. The van der Waals surface area contributed by atoms with Crippen molar-refractivity contribution in [3.8, 4) is 0 Å². The van der Waals surface area contributed by atoms with Crippen LogP contribution in [-0.2, 0) is 4.79 Å². The molecule has 0 aliphatic rings. The summed E-state index contributed by atoms with van der Waals surface area (Å²) in [6.45, 7) is 3.41. The quantitative estimate of drug-likeness (QED) is 0.521. The van der Waals surface area contributed by atoms with Crippen molar-refractivity contribution in [2.24, 2.45) is 5.73 Å². The Morgan fingerprint density at radius 1 is 1.42 bits per heavy atom. The number of carbonyl (C=O) groups is 1. The minimum Gasteiger partial charge on any atom is -0.370 e. The van der Waals surface area contributed by atoms with Gasteiger partial charge < -0.3 is 16.4 Å². The van der Waals surface area contributed by atoms with E-state index in [1.54, 1.807) is 0 Å². The average molecular weight is 189 g/mol. The lowest BCUT2D eigenvalue weighted by Crippen LogP contribution is -2.37. The molecule has 0 saturated carbocycles. The van der Waals surface area contributed by atoms with Crippen LogP contribution in [0.2, 0.25) is 0 Å². The van der Waals surface area contributed by atoms with E-state index < -0.39 is 0 Å². The van der Waals surface area contributed by atoms with E-state index in [4.69, 9.17) is 18.0 Å². The average Bonchev–Trinajstić information content (AvgIpc) is 2.00. The van der Waals surface area contributed by atoms with E-state index in [9.17, 15) is 4.79 Å². The maximum absolute atomic E-state index is 10.3. The molecule has 12 heavy (non-hydrogen) atoms. The molecule has 4 N–H and O–H groups in total. The number of thiocarbonyl (C=S) groups is 1. The normalized spacial score (nSPS) is 9.08. The van der Waals surface area contributed by atoms with Crippen molar-refractivity contribution < 1.29 is 4.79 Å². The third kappa shape index (κ3) is 7.27. The zero-order chi connectivity index (χ0) is 9.40. The molecule has 5 heteroatoms. The van der Waals surface area contributed by atoms with Gasteiger partial charge in [0.15, 0.2) is 5.11 Å². The fourth-order valence-electron chi connectivity index (χ4n) is 0.600. The molecule has 0 aromatic rings. The SMILES string of the molecule is CCCNC(=S)NCCC(N)=O. The topological polar surface area (TPSA) is 67.2 Å². The Morgan fingerprint density at radius 2 is 2.00 bits per heavy atom. The number of primary amides is 1. The minimum absolute atomic E-state index is 0.313. The van der Waals surface area contributed by atoms with Gasteiger partial charge in [-0.05, 0) is 18.6 Å². The molecular weight excluding hydrogens is 174 g/mol. The highest BCUT2D eigenvalue weighted by Crippen LogP contribution is 1.75. The Hall–Kier alpha value is -0.840. The fraction of sp³-hybridized carbons (Fsp3) is 0.714. The number of hydrogen-bond acceptors (Lipinski definition) is 2. The second-order valence-electron chi connectivity index (χ2n) is 2.40. The summed E-state index contributed by atoms with van der Waals surface area (Å²) < 4.78 is 0. The summed E-state index contributed by atoms with van der Waals surface area (Å²) in [4.78, 5) is 10.3. The van der Waals surface area contributed by atoms with E-state index >= 15 is 0 Å². The van der Waals surface area contributed by atoms with Gasteiger partial charge >= 0.3 is 0 Å². The minimum atomic E-state index is -0.319. The van der Waals surface area contributed by atoms with Crippen molar-refractivity contribution >= 4 is 23.2 Å². The van der Waals surface area contributed by atoms with Crippen LogP contribution in [0, 0.1) is 0 Å². The van der Waals surface area contributed by atoms with Gasteiger partial charge in [0.2, 0.25) is 5.91 Å². The van der Waals surface area contributed by atoms with Crippen LogP contribution < -0.4 is 16.4 Å². The van der Waals surface area contributed by atoms with Gasteiger partial charge in [0.1, 0.15) is 0 Å². The predicted octanol–water partition coefficient (Wildman–Crippen LogP) is -0.264. The van der Waals surface area contributed by atoms with Gasteiger partial charge in [0.25, 0.3) is 0 Å². The van der Waals surface area contributed by atoms with E-state index in [-0.39, 0.29) is 5.91 Å². The first kappa shape index (κ1) is 11.2. The molecule has 4 nitrogen and oxygen atoms in total. The highest BCUT2D eigenvalue weighted by atomic mass is 32.1. The summed E-state index contributed by atoms with van der Waals surface area (Å²) >= 11 is 4.90. The molecule has 0 aliphatic heterocycles. The smallest absolute Gasteiger partial charge is 0.219 e. The lowest BCUT2D eigenvalue weighted by molar-refractivity contribution is -0.117. The summed E-state index contributed by atoms with van der Waals surface area (Å²) in [6.07, 6.45) is 1.34. The van der Waals surface area contributed by atoms with Crippen molar-refractivity contribution in [3.63, 3.8) is 0 Å². The molecule has 0 unspecified atom stereocenters. The number of carbonyl (C=O) groups excluding carboxylic acids is 1. The summed E-state index contributed by atoms with van der Waals surface area (Å²) in [5, 5.41) is 6.42. The van der Waals surface area contributed by atoms with E-state index in [1.807, 2.05) is 0 Å². The highest BCUT2D eigenvalue weighted by molar-refractivity contribution is 7.80. The summed E-state index contributed by atoms with van der Waals surface area (Å²) in [5.41, 5.74) is 4.94. The maximum Gasteiger partial charge on any atom is 0.219 e. The molecule has 0 aromatic carbocycles. The monoisotopic (exact) mass is 189 g/mol. The van der Waals surface area contributed by atoms with Crippen LogP contribution in [0.1, 0.15) is 19.8 Å². The third-order valence-corrected chi connectivity index (χ3v) is 1.48. The van der Waals surface area contributed by atoms with Crippen LogP contribution >= 0.6 is 12.2 Å². The molecule has 0 spiro atoms. The fourth-order valence-corrected chi connectivity index (χ4v) is 0.804. The predicted molar refractivity (Wildman–Crippen MR) is 52.7 cm³/mol. The number of nitrogens with two attached hydrogens (primary N) is 1. The van der Waals surface area contributed by atoms with Crippen molar-refractivity contribution in [2.45, 2.75) is 19.8 Å². The zero-order valence-corrected chi connectivity index (χ0v) is 8.04. The molecule has 0 aliphatic carbocycles. The summed E-state index contributed by atoms with van der Waals surface area (Å²) in [6, 6.07) is 0. The Bertz CT molecular complexity index is 161. The molecule has 0 radical (unpaired) electrons. The van der Waals surface area contributed by atoms with Crippen LogP contribution in [0.5, 0.6) is 0 Å². The van der Waals surface area contributed by atoms with Gasteiger partial charge in [-0.1, -0.05) is 6.92 Å². The van der Waals surface area contributed by atoms with Crippen molar-refractivity contribution in [1.82, 2.24) is 10.6 Å². The second-order valence-corrected chi connectivity index (χ2v) is 2.81. The van der Waals surface area contributed by atoms with E-state index in [0.29, 0.717) is 18.1 Å². The molecule has 70 valence electrons. The van der Waals surface area contributed by atoms with Crippen LogP contribution in [0.15, 0.2) is 0 Å². The lowest BCUT2D eigenvalue weighted by atomic mass is 10.4. The van der Waals surface area contributed by atoms with E-state index in [0.717, 1.165) is 13.0 Å². The van der Waals surface area contributed by atoms with Crippen molar-refractivity contribution in [1.29, 1.82) is 0 Å². The van der Waals surface area contributed by atoms with Gasteiger partial charge in [-0.3, -0.25) is 4.79 Å². The molecular formula is C7H15N3OS. The molecule has 1 amide bonds. The van der Waals surface area contributed by atoms with Gasteiger partial charge in [0.05, 0.1) is 0 Å². The van der Waals surface area contributed by atoms with E-state index in [2.05, 4.69) is 17.6 Å². The largest absolute Gasteiger partial charge is 0.370 e. The van der Waals surface area contributed by atoms with Crippen molar-refractivity contribution in [2.75, 3.05) is 13.1 Å². The van der Waals surface area contributed by atoms with Crippen LogP contribution in [-0.4, -0.2) is 24.1 Å². The Balaban J connectivity index is 3.25. The molecule has 0 rings (SSSR count). The van der Waals surface area contributed by atoms with Crippen LogP contribution in [0.3, 0.4) is 0 Å². The number of hydrogen-bond donors (Lipinski definition) is 3. The van der Waals surface area contributed by atoms with Gasteiger partial charge in [-0.15, -0.1) is 0 Å². The molecule has 0 bridgehead atoms. The summed E-state index contributed by atoms with van der Waals surface area (Å²) in [5.74, 6) is -0.319. The maximum atomic E-state index is 10.3. The van der Waals surface area contributed by atoms with Gasteiger partial charge in [0, 0.05) is 19.5 Å². The number of nitrogens with one attached hydrogen (secondary N) is 2. The third-order valence-electron chi connectivity index (χ3n) is 1.19. The van der Waals surface area contributed by atoms with Gasteiger partial charge in [-0.2, -0.15) is 0 Å². The van der Waals surface area contributed by atoms with Crippen molar-refractivity contribution in [3.05, 3.63) is 0 Å². The van der Waals surface area contributed by atoms with Crippen LogP contribution in [0.4, 0.5) is 0 Å². The Labute approximate surface area is 77.9 Å². The molecule has 0 atom stereocenters. The Kier molecular flexibility index (Phi) is 6.37. The highest BCUT2D eigenvalue weighted by Gasteiger charge is 1.95. The number of amides is 1. The first-order valence-electron chi connectivity index (χ1n) is 3.96. The first-order valence-corrected chi connectivity index (χ1v) is 4.37. The van der Waals surface area contributed by atoms with Gasteiger partial charge in [-0.25, -0.2) is 0 Å². The number of rotatable bonds is 5. The van der Waals surface area contributed by atoms with Crippen LogP contribution in [0.25, 0.3) is 0 Å². The lowest BCUT2D eigenvalue weighted by Gasteiger charge is -2.07. The van der Waals surface area contributed by atoms with E-state index in [1.165, 1.54) is 0 Å². The first-order chi connectivity index (χ1) is 5.66. The molecule has 0 fully saturated rings. The summed E-state index contributed by atoms with van der Waals surface area (Å²) in [7, 11) is 0. The zero-order valence-electron chi connectivity index (χ0n) is 7.22.